The summed E-state index contributed by atoms with van der Waals surface area (Å²) in [6.45, 7) is 0.538. The Hall–Kier alpha value is -2.45. The molecule has 0 bridgehead atoms. The Kier molecular flexibility index (Phi) is 3.64. The summed E-state index contributed by atoms with van der Waals surface area (Å²) in [6, 6.07) is -2.07. The van der Waals surface area contributed by atoms with Crippen LogP contribution in [0.4, 0.5) is 4.79 Å². The molecule has 1 atom stereocenters. The first-order valence-electron chi connectivity index (χ1n) is 4.91. The summed E-state index contributed by atoms with van der Waals surface area (Å²) in [4.78, 5) is 56.7. The molecule has 0 aromatic rings. The SMILES string of the molecule is C[C@@H](NC(=O)CN1C(=O)C(=O)N(C)C1=O)C(=O)O. The van der Waals surface area contributed by atoms with Crippen molar-refractivity contribution in [2.45, 2.75) is 13.0 Å². The van der Waals surface area contributed by atoms with E-state index in [1.165, 1.54) is 6.92 Å². The van der Waals surface area contributed by atoms with Crippen LogP contribution < -0.4 is 5.32 Å². The molecule has 1 saturated heterocycles. The third-order valence-corrected chi connectivity index (χ3v) is 2.30. The highest BCUT2D eigenvalue weighted by atomic mass is 16.4. The maximum absolute atomic E-state index is 11.4. The third-order valence-electron chi connectivity index (χ3n) is 2.30. The van der Waals surface area contributed by atoms with Gasteiger partial charge in [0.05, 0.1) is 0 Å². The van der Waals surface area contributed by atoms with E-state index in [1.54, 1.807) is 0 Å². The van der Waals surface area contributed by atoms with Gasteiger partial charge < -0.3 is 10.4 Å². The van der Waals surface area contributed by atoms with E-state index in [-0.39, 0.29) is 0 Å². The highest BCUT2D eigenvalue weighted by molar-refractivity contribution is 6.44. The zero-order valence-corrected chi connectivity index (χ0v) is 9.67. The first kappa shape index (κ1) is 13.6. The molecule has 0 radical (unpaired) electrons. The van der Waals surface area contributed by atoms with Crippen molar-refractivity contribution in [3.05, 3.63) is 0 Å². The van der Waals surface area contributed by atoms with Gasteiger partial charge in [-0.15, -0.1) is 0 Å². The predicted octanol–water partition coefficient (Wildman–Crippen LogP) is -2.00. The molecule has 9 heteroatoms. The molecule has 1 aliphatic rings. The number of carboxylic acid groups (broad SMARTS) is 1. The van der Waals surface area contributed by atoms with Crippen LogP contribution in [-0.4, -0.2) is 64.3 Å². The van der Waals surface area contributed by atoms with Crippen molar-refractivity contribution in [1.82, 2.24) is 15.1 Å². The van der Waals surface area contributed by atoms with E-state index in [2.05, 4.69) is 5.32 Å². The summed E-state index contributed by atoms with van der Waals surface area (Å²) in [7, 11) is 1.11. The topological polar surface area (TPSA) is 124 Å². The molecule has 1 fully saturated rings. The quantitative estimate of drug-likeness (QED) is 0.443. The lowest BCUT2D eigenvalue weighted by molar-refractivity contribution is -0.144. The first-order valence-corrected chi connectivity index (χ1v) is 4.91. The maximum Gasteiger partial charge on any atom is 0.334 e. The Bertz CT molecular complexity index is 446. The highest BCUT2D eigenvalue weighted by Crippen LogP contribution is 2.08. The van der Waals surface area contributed by atoms with Crippen molar-refractivity contribution in [1.29, 1.82) is 0 Å². The van der Waals surface area contributed by atoms with Crippen LogP contribution in [-0.2, 0) is 19.2 Å². The third kappa shape index (κ3) is 2.44. The Balaban J connectivity index is 2.66. The number of carbonyl (C=O) groups excluding carboxylic acids is 4. The Labute approximate surface area is 101 Å². The molecule has 5 amide bonds. The van der Waals surface area contributed by atoms with E-state index < -0.39 is 42.3 Å². The van der Waals surface area contributed by atoms with Gasteiger partial charge in [0.2, 0.25) is 5.91 Å². The van der Waals surface area contributed by atoms with Crippen molar-refractivity contribution < 1.29 is 29.1 Å². The van der Waals surface area contributed by atoms with Crippen molar-refractivity contribution in [3.63, 3.8) is 0 Å². The van der Waals surface area contributed by atoms with Crippen LogP contribution in [0.5, 0.6) is 0 Å². The second kappa shape index (κ2) is 4.82. The molecule has 9 nitrogen and oxygen atoms in total. The van der Waals surface area contributed by atoms with E-state index in [0.717, 1.165) is 7.05 Å². The molecule has 0 unspecified atom stereocenters. The van der Waals surface area contributed by atoms with Gasteiger partial charge in [0.25, 0.3) is 0 Å². The van der Waals surface area contributed by atoms with Gasteiger partial charge in [-0.25, -0.2) is 9.69 Å². The van der Waals surface area contributed by atoms with E-state index in [1.807, 2.05) is 0 Å². The van der Waals surface area contributed by atoms with Gasteiger partial charge >= 0.3 is 23.8 Å². The lowest BCUT2D eigenvalue weighted by atomic mass is 10.3. The fourth-order valence-corrected chi connectivity index (χ4v) is 1.25. The lowest BCUT2D eigenvalue weighted by Gasteiger charge is -2.14. The Morgan fingerprint density at radius 2 is 1.83 bits per heavy atom. The monoisotopic (exact) mass is 257 g/mol. The van der Waals surface area contributed by atoms with Gasteiger partial charge in [-0.05, 0) is 6.92 Å². The van der Waals surface area contributed by atoms with Crippen molar-refractivity contribution >= 4 is 29.7 Å². The number of urea groups is 1. The van der Waals surface area contributed by atoms with Gasteiger partial charge in [-0.2, -0.15) is 0 Å². The normalized spacial score (nSPS) is 17.1. The number of nitrogens with zero attached hydrogens (tertiary/aromatic N) is 2. The number of hydrogen-bond donors (Lipinski definition) is 2. The molecular formula is C9H11N3O6. The van der Waals surface area contributed by atoms with Crippen LogP contribution in [0.2, 0.25) is 0 Å². The number of carboxylic acids is 1. The van der Waals surface area contributed by atoms with Crippen LogP contribution in [0.25, 0.3) is 0 Å². The number of imide groups is 2. The number of rotatable bonds is 4. The molecule has 0 aromatic carbocycles. The summed E-state index contributed by atoms with van der Waals surface area (Å²) in [5.41, 5.74) is 0. The summed E-state index contributed by atoms with van der Waals surface area (Å²) < 4.78 is 0. The smallest absolute Gasteiger partial charge is 0.334 e. The summed E-state index contributed by atoms with van der Waals surface area (Å²) in [5, 5.41) is 10.6. The molecular weight excluding hydrogens is 246 g/mol. The second-order valence-corrected chi connectivity index (χ2v) is 3.67. The van der Waals surface area contributed by atoms with Crippen LogP contribution in [0.3, 0.4) is 0 Å². The first-order chi connectivity index (χ1) is 8.25. The Morgan fingerprint density at radius 1 is 1.28 bits per heavy atom. The molecule has 1 aliphatic heterocycles. The zero-order chi connectivity index (χ0) is 14.0. The van der Waals surface area contributed by atoms with Crippen LogP contribution in [0.1, 0.15) is 6.92 Å². The number of likely N-dealkylation sites (N-methyl/N-ethyl adjacent to an activating group) is 1. The largest absolute Gasteiger partial charge is 0.480 e. The number of amides is 5. The van der Waals surface area contributed by atoms with Crippen molar-refractivity contribution in [2.75, 3.05) is 13.6 Å². The molecule has 1 rings (SSSR count). The summed E-state index contributed by atoms with van der Waals surface area (Å²) in [6.07, 6.45) is 0. The minimum atomic E-state index is -1.25. The van der Waals surface area contributed by atoms with E-state index in [4.69, 9.17) is 5.11 Å². The second-order valence-electron chi connectivity index (χ2n) is 3.67. The minimum absolute atomic E-state index is 0.451. The van der Waals surface area contributed by atoms with Crippen LogP contribution >= 0.6 is 0 Å². The molecule has 18 heavy (non-hydrogen) atoms. The van der Waals surface area contributed by atoms with E-state index in [0.29, 0.717) is 9.80 Å². The number of hydrogen-bond acceptors (Lipinski definition) is 5. The van der Waals surface area contributed by atoms with Crippen LogP contribution in [0.15, 0.2) is 0 Å². The summed E-state index contributed by atoms with van der Waals surface area (Å²) in [5.74, 6) is -4.23. The zero-order valence-electron chi connectivity index (χ0n) is 9.67. The van der Waals surface area contributed by atoms with Gasteiger partial charge in [-0.3, -0.25) is 24.1 Å². The average molecular weight is 257 g/mol. The highest BCUT2D eigenvalue weighted by Gasteiger charge is 2.43. The molecule has 0 spiro atoms. The fraction of sp³-hybridized carbons (Fsp3) is 0.444. The molecule has 1 heterocycles. The van der Waals surface area contributed by atoms with Gasteiger partial charge in [0.1, 0.15) is 12.6 Å². The molecule has 0 aliphatic carbocycles. The Morgan fingerprint density at radius 3 is 2.22 bits per heavy atom. The van der Waals surface area contributed by atoms with Crippen molar-refractivity contribution in [2.24, 2.45) is 0 Å². The standard InChI is InChI=1S/C9H11N3O6/c1-4(8(16)17)10-5(13)3-12-7(15)6(14)11(2)9(12)18/h4H,3H2,1-2H3,(H,10,13)(H,16,17)/t4-/m1/s1. The predicted molar refractivity (Wildman–Crippen MR) is 55.1 cm³/mol. The maximum atomic E-state index is 11.4. The van der Waals surface area contributed by atoms with Crippen molar-refractivity contribution in [3.8, 4) is 0 Å². The van der Waals surface area contributed by atoms with E-state index in [9.17, 15) is 24.0 Å². The number of nitrogens with one attached hydrogen (secondary N) is 1. The van der Waals surface area contributed by atoms with E-state index >= 15 is 0 Å². The molecule has 0 aromatic heterocycles. The average Bonchev–Trinajstić information content (AvgIpc) is 2.46. The lowest BCUT2D eigenvalue weighted by Crippen LogP contribution is -2.46. The van der Waals surface area contributed by atoms with Gasteiger partial charge in [0, 0.05) is 7.05 Å². The number of carbonyl (C=O) groups is 5. The molecule has 98 valence electrons. The van der Waals surface area contributed by atoms with Gasteiger partial charge in [0.15, 0.2) is 0 Å². The number of aliphatic carboxylic acids is 1. The minimum Gasteiger partial charge on any atom is -0.480 e. The summed E-state index contributed by atoms with van der Waals surface area (Å²) >= 11 is 0. The molecule has 0 saturated carbocycles. The van der Waals surface area contributed by atoms with Crippen LogP contribution in [0, 0.1) is 0 Å². The fourth-order valence-electron chi connectivity index (χ4n) is 1.25. The van der Waals surface area contributed by atoms with Gasteiger partial charge in [-0.1, -0.05) is 0 Å². The molecule has 2 N–H and O–H groups in total.